The number of para-hydroxylation sites is 1. The molecule has 1 heterocycles. The maximum Gasteiger partial charge on any atom is 0.329 e. The number of nitro groups is 1. The highest BCUT2D eigenvalue weighted by molar-refractivity contribution is 7.99. The predicted octanol–water partition coefficient (Wildman–Crippen LogP) is 5.86. The number of carbonyl (C=O) groups excluding carboxylic acids is 2. The van der Waals surface area contributed by atoms with Crippen LogP contribution in [0.1, 0.15) is 28.2 Å². The topological polar surface area (TPSA) is 99.0 Å². The van der Waals surface area contributed by atoms with Crippen LogP contribution in [-0.4, -0.2) is 40.1 Å². The molecule has 35 heavy (non-hydrogen) atoms. The molecule has 0 aliphatic carbocycles. The van der Waals surface area contributed by atoms with Gasteiger partial charge in [-0.2, -0.15) is 0 Å². The second kappa shape index (κ2) is 10.8. The fourth-order valence-corrected chi connectivity index (χ4v) is 5.38. The van der Waals surface area contributed by atoms with E-state index in [-0.39, 0.29) is 22.9 Å². The molecule has 0 N–H and O–H groups in total. The van der Waals surface area contributed by atoms with Gasteiger partial charge in [0, 0.05) is 17.9 Å². The number of nitro benzene ring substituents is 1. The Morgan fingerprint density at radius 2 is 1.83 bits per heavy atom. The summed E-state index contributed by atoms with van der Waals surface area (Å²) in [6, 6.07) is 19.4. The van der Waals surface area contributed by atoms with Crippen LogP contribution in [0.3, 0.4) is 0 Å². The third-order valence-electron chi connectivity index (χ3n) is 5.31. The Kier molecular flexibility index (Phi) is 7.57. The number of nitrogens with zero attached hydrogens (tertiary/aromatic N) is 2. The first-order valence-corrected chi connectivity index (χ1v) is 12.2. The smallest absolute Gasteiger partial charge is 0.329 e. The number of halogens is 1. The van der Waals surface area contributed by atoms with Gasteiger partial charge in [-0.05, 0) is 42.8 Å². The minimum Gasteiger partial charge on any atom is -0.464 e. The van der Waals surface area contributed by atoms with E-state index in [4.69, 9.17) is 21.1 Å². The van der Waals surface area contributed by atoms with Crippen LogP contribution >= 0.6 is 23.4 Å². The molecule has 4 rings (SSSR count). The number of amides is 1. The Hall–Kier alpha value is -3.56. The second-order valence-electron chi connectivity index (χ2n) is 7.57. The molecular formula is C25H21ClN2O6S. The molecule has 0 spiro atoms. The molecule has 1 saturated heterocycles. The van der Waals surface area contributed by atoms with Crippen molar-refractivity contribution >= 4 is 40.9 Å². The van der Waals surface area contributed by atoms with E-state index in [0.29, 0.717) is 17.3 Å². The summed E-state index contributed by atoms with van der Waals surface area (Å²) >= 11 is 7.66. The Bertz CT molecular complexity index is 1260. The van der Waals surface area contributed by atoms with Crippen molar-refractivity contribution in [2.24, 2.45) is 0 Å². The van der Waals surface area contributed by atoms with E-state index in [1.54, 1.807) is 13.0 Å². The van der Waals surface area contributed by atoms with Crippen LogP contribution in [-0.2, 0) is 9.53 Å². The number of non-ortho nitro benzene ring substituents is 1. The van der Waals surface area contributed by atoms with Crippen molar-refractivity contribution in [1.29, 1.82) is 0 Å². The van der Waals surface area contributed by atoms with Gasteiger partial charge in [0.15, 0.2) is 0 Å². The number of hydrogen-bond acceptors (Lipinski definition) is 7. The van der Waals surface area contributed by atoms with E-state index >= 15 is 0 Å². The molecule has 2 atom stereocenters. The number of benzene rings is 3. The Morgan fingerprint density at radius 3 is 2.51 bits per heavy atom. The van der Waals surface area contributed by atoms with Gasteiger partial charge in [0.2, 0.25) is 0 Å². The Morgan fingerprint density at radius 1 is 1.09 bits per heavy atom. The second-order valence-corrected chi connectivity index (χ2v) is 9.10. The van der Waals surface area contributed by atoms with E-state index in [0.717, 1.165) is 11.6 Å². The van der Waals surface area contributed by atoms with Gasteiger partial charge >= 0.3 is 5.97 Å². The third kappa shape index (κ3) is 5.41. The van der Waals surface area contributed by atoms with Crippen LogP contribution in [0.5, 0.6) is 11.5 Å². The van der Waals surface area contributed by atoms with Crippen LogP contribution < -0.4 is 4.74 Å². The van der Waals surface area contributed by atoms with Crippen LogP contribution in [0.2, 0.25) is 5.02 Å². The van der Waals surface area contributed by atoms with Crippen molar-refractivity contribution < 1.29 is 24.0 Å². The molecule has 10 heteroatoms. The minimum atomic E-state index is -0.845. The minimum absolute atomic E-state index is 0.0655. The molecule has 3 aromatic rings. The SMILES string of the molecule is CCOC(=O)C1CSC(c2cccc(Oc3ccccc3)c2)N1C(=O)c1ccc([N+](=O)[O-])cc1Cl. The van der Waals surface area contributed by atoms with Crippen LogP contribution in [0.25, 0.3) is 0 Å². The van der Waals surface area contributed by atoms with E-state index in [1.807, 2.05) is 48.5 Å². The fourth-order valence-electron chi connectivity index (χ4n) is 3.72. The van der Waals surface area contributed by atoms with Crippen molar-refractivity contribution in [3.05, 3.63) is 99.1 Å². The maximum absolute atomic E-state index is 13.6. The van der Waals surface area contributed by atoms with Crippen molar-refractivity contribution in [2.75, 3.05) is 12.4 Å². The quantitative estimate of drug-likeness (QED) is 0.222. The fraction of sp³-hybridized carbons (Fsp3) is 0.200. The zero-order valence-corrected chi connectivity index (χ0v) is 20.2. The summed E-state index contributed by atoms with van der Waals surface area (Å²) < 4.78 is 11.2. The molecule has 0 saturated carbocycles. The maximum atomic E-state index is 13.6. The normalized spacial score (nSPS) is 17.1. The van der Waals surface area contributed by atoms with Gasteiger partial charge in [-0.15, -0.1) is 11.8 Å². The van der Waals surface area contributed by atoms with Gasteiger partial charge in [0.05, 0.1) is 22.1 Å². The van der Waals surface area contributed by atoms with E-state index in [2.05, 4.69) is 0 Å². The number of thioether (sulfide) groups is 1. The van der Waals surface area contributed by atoms with Crippen molar-refractivity contribution in [1.82, 2.24) is 4.90 Å². The van der Waals surface area contributed by atoms with E-state index in [9.17, 15) is 19.7 Å². The lowest BCUT2D eigenvalue weighted by atomic mass is 10.1. The standard InChI is InChI=1S/C25H21ClN2O6S/c1-2-33-25(30)22-15-35-24(16-7-6-10-19(13-16)34-18-8-4-3-5-9-18)27(22)23(29)20-12-11-17(28(31)32)14-21(20)26/h3-14,22,24H,2,15H2,1H3. The molecule has 1 amide bonds. The molecule has 1 aliphatic heterocycles. The average Bonchev–Trinajstić information content (AvgIpc) is 3.30. The van der Waals surface area contributed by atoms with Crippen LogP contribution in [0.4, 0.5) is 5.69 Å². The summed E-state index contributed by atoms with van der Waals surface area (Å²) in [5, 5.41) is 10.5. The highest BCUT2D eigenvalue weighted by Crippen LogP contribution is 2.44. The van der Waals surface area contributed by atoms with E-state index < -0.39 is 28.2 Å². The first-order chi connectivity index (χ1) is 16.9. The number of carbonyl (C=O) groups is 2. The number of rotatable bonds is 7. The predicted molar refractivity (Wildman–Crippen MR) is 133 cm³/mol. The van der Waals surface area contributed by atoms with Gasteiger partial charge < -0.3 is 14.4 Å². The first-order valence-electron chi connectivity index (χ1n) is 10.8. The number of esters is 1. The molecule has 0 radical (unpaired) electrons. The number of hydrogen-bond donors (Lipinski definition) is 0. The van der Waals surface area contributed by atoms with Crippen molar-refractivity contribution in [2.45, 2.75) is 18.3 Å². The summed E-state index contributed by atoms with van der Waals surface area (Å²) in [6.45, 7) is 1.87. The summed E-state index contributed by atoms with van der Waals surface area (Å²) in [5.41, 5.74) is 0.587. The molecular weight excluding hydrogens is 492 g/mol. The van der Waals surface area contributed by atoms with Gasteiger partial charge in [0.25, 0.3) is 11.6 Å². The Balaban J connectivity index is 1.68. The first kappa shape index (κ1) is 24.6. The zero-order chi connectivity index (χ0) is 24.9. The summed E-state index contributed by atoms with van der Waals surface area (Å²) in [5.74, 6) is 0.523. The molecule has 3 aromatic carbocycles. The van der Waals surface area contributed by atoms with Crippen LogP contribution in [0, 0.1) is 10.1 Å². The molecule has 0 aromatic heterocycles. The molecule has 2 unspecified atom stereocenters. The van der Waals surface area contributed by atoms with E-state index in [1.165, 1.54) is 28.8 Å². The zero-order valence-electron chi connectivity index (χ0n) is 18.6. The van der Waals surface area contributed by atoms with Gasteiger partial charge in [-0.25, -0.2) is 4.79 Å². The monoisotopic (exact) mass is 512 g/mol. The highest BCUT2D eigenvalue weighted by Gasteiger charge is 2.44. The third-order valence-corrected chi connectivity index (χ3v) is 6.95. The Labute approximate surface area is 210 Å². The number of ether oxygens (including phenoxy) is 2. The molecule has 1 fully saturated rings. The van der Waals surface area contributed by atoms with Gasteiger partial charge in [0.1, 0.15) is 22.9 Å². The molecule has 0 bridgehead atoms. The molecule has 180 valence electrons. The van der Waals surface area contributed by atoms with Gasteiger partial charge in [-0.1, -0.05) is 41.9 Å². The summed E-state index contributed by atoms with van der Waals surface area (Å²) in [7, 11) is 0. The lowest BCUT2D eigenvalue weighted by Crippen LogP contribution is -2.44. The average molecular weight is 513 g/mol. The van der Waals surface area contributed by atoms with Crippen molar-refractivity contribution in [3.8, 4) is 11.5 Å². The lowest BCUT2D eigenvalue weighted by molar-refractivity contribution is -0.384. The summed E-state index contributed by atoms with van der Waals surface area (Å²) in [4.78, 5) is 38.3. The summed E-state index contributed by atoms with van der Waals surface area (Å²) in [6.07, 6.45) is 0. The highest BCUT2D eigenvalue weighted by atomic mass is 35.5. The van der Waals surface area contributed by atoms with Gasteiger partial charge in [-0.3, -0.25) is 14.9 Å². The molecule has 8 nitrogen and oxygen atoms in total. The lowest BCUT2D eigenvalue weighted by Gasteiger charge is -2.29. The van der Waals surface area contributed by atoms with Crippen molar-refractivity contribution in [3.63, 3.8) is 0 Å². The largest absolute Gasteiger partial charge is 0.464 e. The van der Waals surface area contributed by atoms with Crippen LogP contribution in [0.15, 0.2) is 72.8 Å². The molecule has 1 aliphatic rings.